The third kappa shape index (κ3) is 6.04. The Balaban J connectivity index is 1.78. The van der Waals surface area contributed by atoms with Gasteiger partial charge in [-0.25, -0.2) is 0 Å². The molecule has 178 valence electrons. The Kier molecular flexibility index (Phi) is 7.94. The van der Waals surface area contributed by atoms with Gasteiger partial charge in [0.15, 0.2) is 5.75 Å². The van der Waals surface area contributed by atoms with Gasteiger partial charge < -0.3 is 29.0 Å². The van der Waals surface area contributed by atoms with Gasteiger partial charge in [0, 0.05) is 57.5 Å². The summed E-state index contributed by atoms with van der Waals surface area (Å²) in [6, 6.07) is 6.63. The maximum absolute atomic E-state index is 12.9. The molecule has 1 N–H and O–H groups in total. The first kappa shape index (κ1) is 24.1. The van der Waals surface area contributed by atoms with Crippen LogP contribution in [0.4, 0.5) is 5.69 Å². The predicted molar refractivity (Wildman–Crippen MR) is 123 cm³/mol. The van der Waals surface area contributed by atoms with Crippen molar-refractivity contribution in [2.45, 2.75) is 20.0 Å². The van der Waals surface area contributed by atoms with E-state index in [0.717, 1.165) is 0 Å². The highest BCUT2D eigenvalue weighted by Crippen LogP contribution is 2.29. The van der Waals surface area contributed by atoms with Gasteiger partial charge in [0.05, 0.1) is 33.2 Å². The van der Waals surface area contributed by atoms with E-state index < -0.39 is 0 Å². The number of nitrogens with one attached hydrogen (secondary N) is 1. The standard InChI is InChI=1S/C23H30N4O6/c1-16(28)26-9-7-25(8-10-26)13-17-11-20(29)22(33-4)14-27(17)15-23(30)24-19-12-18(31-2)5-6-21(19)32-3/h5-6,11-12,14H,7-10,13,15H2,1-4H3,(H,24,30). The van der Waals surface area contributed by atoms with Crippen molar-refractivity contribution in [3.8, 4) is 17.2 Å². The summed E-state index contributed by atoms with van der Waals surface area (Å²) in [5.74, 6) is 1.01. The van der Waals surface area contributed by atoms with E-state index in [9.17, 15) is 14.4 Å². The Bertz CT molecular complexity index is 1060. The zero-order chi connectivity index (χ0) is 24.0. The first-order valence-corrected chi connectivity index (χ1v) is 10.6. The number of rotatable bonds is 8. The van der Waals surface area contributed by atoms with E-state index in [0.29, 0.717) is 55.6 Å². The fraction of sp³-hybridized carbons (Fsp3) is 0.435. The Morgan fingerprint density at radius 3 is 2.27 bits per heavy atom. The van der Waals surface area contributed by atoms with Crippen molar-refractivity contribution in [2.75, 3.05) is 52.8 Å². The molecule has 3 rings (SSSR count). The van der Waals surface area contributed by atoms with E-state index in [1.165, 1.54) is 20.3 Å². The van der Waals surface area contributed by atoms with Crippen LogP contribution >= 0.6 is 0 Å². The second-order valence-electron chi connectivity index (χ2n) is 7.72. The molecular formula is C23H30N4O6. The lowest BCUT2D eigenvalue weighted by molar-refractivity contribution is -0.130. The van der Waals surface area contributed by atoms with Crippen molar-refractivity contribution in [3.05, 3.63) is 46.4 Å². The summed E-state index contributed by atoms with van der Waals surface area (Å²) in [6.07, 6.45) is 1.55. The molecule has 10 nitrogen and oxygen atoms in total. The van der Waals surface area contributed by atoms with Crippen LogP contribution in [-0.2, 0) is 22.7 Å². The minimum absolute atomic E-state index is 0.0280. The molecule has 10 heteroatoms. The van der Waals surface area contributed by atoms with E-state index in [4.69, 9.17) is 14.2 Å². The summed E-state index contributed by atoms with van der Waals surface area (Å²) in [5.41, 5.74) is 0.919. The number of piperazine rings is 1. The number of aromatic nitrogens is 1. The topological polar surface area (TPSA) is 102 Å². The van der Waals surface area contributed by atoms with Crippen LogP contribution in [0.2, 0.25) is 0 Å². The summed E-state index contributed by atoms with van der Waals surface area (Å²) < 4.78 is 17.4. The van der Waals surface area contributed by atoms with Gasteiger partial charge in [-0.2, -0.15) is 0 Å². The van der Waals surface area contributed by atoms with Crippen LogP contribution < -0.4 is 25.0 Å². The van der Waals surface area contributed by atoms with E-state index in [-0.39, 0.29) is 29.5 Å². The minimum Gasteiger partial charge on any atom is -0.497 e. The molecule has 0 bridgehead atoms. The molecule has 0 radical (unpaired) electrons. The van der Waals surface area contributed by atoms with Gasteiger partial charge in [-0.3, -0.25) is 19.3 Å². The van der Waals surface area contributed by atoms with Crippen LogP contribution in [0.5, 0.6) is 17.2 Å². The molecule has 1 saturated heterocycles. The van der Waals surface area contributed by atoms with E-state index in [1.807, 2.05) is 0 Å². The third-order valence-corrected chi connectivity index (χ3v) is 5.60. The van der Waals surface area contributed by atoms with Gasteiger partial charge in [-0.05, 0) is 12.1 Å². The fourth-order valence-corrected chi connectivity index (χ4v) is 3.74. The van der Waals surface area contributed by atoms with Crippen LogP contribution in [0.15, 0.2) is 35.3 Å². The number of hydrogen-bond donors (Lipinski definition) is 1. The van der Waals surface area contributed by atoms with Crippen LogP contribution in [-0.4, -0.2) is 73.7 Å². The zero-order valence-corrected chi connectivity index (χ0v) is 19.4. The number of pyridine rings is 1. The Morgan fingerprint density at radius 2 is 1.67 bits per heavy atom. The van der Waals surface area contributed by atoms with Gasteiger partial charge in [0.25, 0.3) is 0 Å². The molecule has 0 unspecified atom stereocenters. The first-order valence-electron chi connectivity index (χ1n) is 10.6. The van der Waals surface area contributed by atoms with Crippen molar-refractivity contribution >= 4 is 17.5 Å². The molecular weight excluding hydrogens is 428 g/mol. The molecule has 2 aromatic rings. The van der Waals surface area contributed by atoms with E-state index in [1.54, 1.807) is 47.9 Å². The molecule has 0 atom stereocenters. The van der Waals surface area contributed by atoms with Crippen molar-refractivity contribution in [1.82, 2.24) is 14.4 Å². The average molecular weight is 459 g/mol. The van der Waals surface area contributed by atoms with E-state index >= 15 is 0 Å². The lowest BCUT2D eigenvalue weighted by atomic mass is 10.2. The molecule has 1 aromatic carbocycles. The van der Waals surface area contributed by atoms with Crippen molar-refractivity contribution in [3.63, 3.8) is 0 Å². The minimum atomic E-state index is -0.296. The number of methoxy groups -OCH3 is 3. The number of amides is 2. The van der Waals surface area contributed by atoms with Crippen molar-refractivity contribution in [1.29, 1.82) is 0 Å². The van der Waals surface area contributed by atoms with Gasteiger partial charge >= 0.3 is 0 Å². The molecule has 2 amide bonds. The summed E-state index contributed by atoms with van der Waals surface area (Å²) >= 11 is 0. The number of hydrogen-bond acceptors (Lipinski definition) is 7. The predicted octanol–water partition coefficient (Wildman–Crippen LogP) is 1.18. The van der Waals surface area contributed by atoms with E-state index in [2.05, 4.69) is 10.2 Å². The fourth-order valence-electron chi connectivity index (χ4n) is 3.74. The Labute approximate surface area is 192 Å². The van der Waals surface area contributed by atoms with Crippen molar-refractivity contribution < 1.29 is 23.8 Å². The lowest BCUT2D eigenvalue weighted by Gasteiger charge is -2.34. The van der Waals surface area contributed by atoms with Crippen LogP contribution in [0.1, 0.15) is 12.6 Å². The molecule has 0 spiro atoms. The highest BCUT2D eigenvalue weighted by molar-refractivity contribution is 5.92. The number of carbonyl (C=O) groups is 2. The number of ether oxygens (including phenoxy) is 3. The summed E-state index contributed by atoms with van der Waals surface area (Å²) in [7, 11) is 4.49. The van der Waals surface area contributed by atoms with Gasteiger partial charge in [0.1, 0.15) is 18.0 Å². The second-order valence-corrected chi connectivity index (χ2v) is 7.72. The van der Waals surface area contributed by atoms with Crippen LogP contribution in [0.25, 0.3) is 0 Å². The lowest BCUT2D eigenvalue weighted by Crippen LogP contribution is -2.47. The molecule has 1 aliphatic rings. The molecule has 33 heavy (non-hydrogen) atoms. The monoisotopic (exact) mass is 458 g/mol. The highest BCUT2D eigenvalue weighted by Gasteiger charge is 2.21. The normalized spacial score (nSPS) is 14.0. The molecule has 1 aromatic heterocycles. The number of anilines is 1. The molecule has 1 aliphatic heterocycles. The Morgan fingerprint density at radius 1 is 0.970 bits per heavy atom. The zero-order valence-electron chi connectivity index (χ0n) is 19.4. The maximum Gasteiger partial charge on any atom is 0.244 e. The average Bonchev–Trinajstić information content (AvgIpc) is 2.80. The molecule has 2 heterocycles. The molecule has 0 aliphatic carbocycles. The van der Waals surface area contributed by atoms with Gasteiger partial charge in [0.2, 0.25) is 17.2 Å². The third-order valence-electron chi connectivity index (χ3n) is 5.60. The van der Waals surface area contributed by atoms with Crippen LogP contribution in [0, 0.1) is 0 Å². The maximum atomic E-state index is 12.9. The molecule has 0 saturated carbocycles. The summed E-state index contributed by atoms with van der Waals surface area (Å²) in [4.78, 5) is 40.8. The Hall–Kier alpha value is -3.53. The second kappa shape index (κ2) is 10.9. The van der Waals surface area contributed by atoms with Gasteiger partial charge in [-0.15, -0.1) is 0 Å². The largest absolute Gasteiger partial charge is 0.497 e. The SMILES string of the molecule is COc1ccc(OC)c(NC(=O)Cn2cc(OC)c(=O)cc2CN2CCN(C(C)=O)CC2)c1. The van der Waals surface area contributed by atoms with Crippen LogP contribution in [0.3, 0.4) is 0 Å². The number of benzene rings is 1. The summed E-state index contributed by atoms with van der Waals surface area (Å²) in [6.45, 7) is 4.64. The van der Waals surface area contributed by atoms with Crippen molar-refractivity contribution in [2.24, 2.45) is 0 Å². The number of nitrogens with zero attached hydrogens (tertiary/aromatic N) is 3. The first-order chi connectivity index (χ1) is 15.8. The molecule has 1 fully saturated rings. The smallest absolute Gasteiger partial charge is 0.244 e. The summed E-state index contributed by atoms with van der Waals surface area (Å²) in [5, 5.41) is 2.84. The highest BCUT2D eigenvalue weighted by atomic mass is 16.5. The quantitative estimate of drug-likeness (QED) is 0.634. The number of carbonyl (C=O) groups excluding carboxylic acids is 2. The van der Waals surface area contributed by atoms with Gasteiger partial charge in [-0.1, -0.05) is 0 Å².